The van der Waals surface area contributed by atoms with E-state index in [0.717, 1.165) is 0 Å². The number of hydrogen-bond donors (Lipinski definition) is 2. The van der Waals surface area contributed by atoms with Crippen molar-refractivity contribution in [3.63, 3.8) is 0 Å². The van der Waals surface area contributed by atoms with Crippen LogP contribution < -0.4 is 19.5 Å². The Morgan fingerprint density at radius 1 is 1.16 bits per heavy atom. The number of benzene rings is 2. The van der Waals surface area contributed by atoms with Gasteiger partial charge in [-0.05, 0) is 30.3 Å². The van der Waals surface area contributed by atoms with E-state index < -0.39 is 15.9 Å². The summed E-state index contributed by atoms with van der Waals surface area (Å²) >= 11 is 0. The number of rotatable bonds is 6. The highest BCUT2D eigenvalue weighted by atomic mass is 32.2. The molecule has 130 valence electrons. The zero-order valence-electron chi connectivity index (χ0n) is 13.2. The quantitative estimate of drug-likeness (QED) is 0.770. The van der Waals surface area contributed by atoms with Crippen molar-refractivity contribution in [1.29, 1.82) is 0 Å². The highest BCUT2D eigenvalue weighted by Gasteiger charge is 2.17. The summed E-state index contributed by atoms with van der Waals surface area (Å²) in [4.78, 5) is 12.4. The Hall–Kier alpha value is -2.84. The molecule has 2 N–H and O–H groups in total. The number of fused-ring (bicyclic) bond motifs is 1. The molecule has 0 aliphatic carbocycles. The fraction of sp³-hybridized carbons (Fsp3) is 0.118. The van der Waals surface area contributed by atoms with Crippen LogP contribution in [0.4, 0.5) is 5.69 Å². The van der Waals surface area contributed by atoms with Crippen molar-refractivity contribution in [2.75, 3.05) is 18.7 Å². The van der Waals surface area contributed by atoms with Gasteiger partial charge in [0.2, 0.25) is 16.8 Å². The molecule has 1 aliphatic rings. The molecule has 25 heavy (non-hydrogen) atoms. The number of carbonyl (C=O) groups excluding carboxylic acids is 1. The second-order valence-corrected chi connectivity index (χ2v) is 6.96. The van der Waals surface area contributed by atoms with E-state index in [1.165, 1.54) is 30.3 Å². The average Bonchev–Trinajstić information content (AvgIpc) is 3.08. The first kappa shape index (κ1) is 17.0. The molecule has 0 fully saturated rings. The Morgan fingerprint density at radius 3 is 2.76 bits per heavy atom. The van der Waals surface area contributed by atoms with E-state index >= 15 is 0 Å². The number of carbonyl (C=O) groups is 1. The molecule has 3 rings (SSSR count). The van der Waals surface area contributed by atoms with Gasteiger partial charge in [-0.3, -0.25) is 4.79 Å². The third kappa shape index (κ3) is 3.81. The molecular weight excluding hydrogens is 344 g/mol. The van der Waals surface area contributed by atoms with E-state index in [0.29, 0.717) is 17.2 Å². The number of anilines is 1. The average molecular weight is 360 g/mol. The van der Waals surface area contributed by atoms with Gasteiger partial charge in [-0.25, -0.2) is 13.1 Å². The van der Waals surface area contributed by atoms with Gasteiger partial charge in [0.25, 0.3) is 5.91 Å². The second kappa shape index (κ2) is 6.96. The molecule has 1 heterocycles. The number of hydrogen-bond acceptors (Lipinski definition) is 5. The minimum absolute atomic E-state index is 0.00712. The van der Waals surface area contributed by atoms with Gasteiger partial charge < -0.3 is 14.8 Å². The lowest BCUT2D eigenvalue weighted by Crippen LogP contribution is -2.24. The molecule has 8 heteroatoms. The van der Waals surface area contributed by atoms with Gasteiger partial charge in [0, 0.05) is 23.9 Å². The maximum Gasteiger partial charge on any atom is 0.255 e. The number of ether oxygens (including phenoxy) is 2. The van der Waals surface area contributed by atoms with Gasteiger partial charge in [0.05, 0.1) is 4.90 Å². The van der Waals surface area contributed by atoms with Crippen LogP contribution in [-0.2, 0) is 10.0 Å². The lowest BCUT2D eigenvalue weighted by molar-refractivity contribution is 0.102. The van der Waals surface area contributed by atoms with E-state index in [2.05, 4.69) is 16.6 Å². The number of nitrogens with one attached hydrogen (secondary N) is 2. The monoisotopic (exact) mass is 360 g/mol. The second-order valence-electron chi connectivity index (χ2n) is 5.19. The third-order valence-electron chi connectivity index (χ3n) is 3.45. The van der Waals surface area contributed by atoms with E-state index in [4.69, 9.17) is 9.47 Å². The smallest absolute Gasteiger partial charge is 0.255 e. The highest BCUT2D eigenvalue weighted by Crippen LogP contribution is 2.34. The lowest BCUT2D eigenvalue weighted by atomic mass is 10.2. The van der Waals surface area contributed by atoms with Crippen LogP contribution in [0.1, 0.15) is 10.4 Å². The van der Waals surface area contributed by atoms with E-state index in [9.17, 15) is 13.2 Å². The van der Waals surface area contributed by atoms with Gasteiger partial charge in [-0.1, -0.05) is 12.1 Å². The Bertz CT molecular complexity index is 924. The molecule has 0 saturated heterocycles. The summed E-state index contributed by atoms with van der Waals surface area (Å²) in [5.74, 6) is 0.724. The first-order valence-electron chi connectivity index (χ1n) is 7.41. The molecule has 1 amide bonds. The Balaban J connectivity index is 1.78. The molecule has 0 saturated carbocycles. The van der Waals surface area contributed by atoms with Crippen molar-refractivity contribution < 1.29 is 22.7 Å². The van der Waals surface area contributed by atoms with E-state index in [-0.39, 0.29) is 23.8 Å². The number of amides is 1. The van der Waals surface area contributed by atoms with Crippen LogP contribution >= 0.6 is 0 Å². The maximum atomic E-state index is 12.4. The van der Waals surface area contributed by atoms with Gasteiger partial charge in [0.15, 0.2) is 11.5 Å². The Kier molecular flexibility index (Phi) is 4.73. The van der Waals surface area contributed by atoms with Crippen molar-refractivity contribution >= 4 is 21.6 Å². The lowest BCUT2D eigenvalue weighted by Gasteiger charge is -2.08. The van der Waals surface area contributed by atoms with Crippen LogP contribution in [0.3, 0.4) is 0 Å². The molecule has 0 spiro atoms. The van der Waals surface area contributed by atoms with Crippen LogP contribution in [0.15, 0.2) is 60.0 Å². The first-order valence-corrected chi connectivity index (χ1v) is 8.89. The summed E-state index contributed by atoms with van der Waals surface area (Å²) in [6.07, 6.45) is 1.44. The van der Waals surface area contributed by atoms with Crippen LogP contribution in [-0.4, -0.2) is 27.7 Å². The third-order valence-corrected chi connectivity index (χ3v) is 4.88. The highest BCUT2D eigenvalue weighted by molar-refractivity contribution is 7.89. The fourth-order valence-corrected chi connectivity index (χ4v) is 3.28. The Labute approximate surface area is 145 Å². The van der Waals surface area contributed by atoms with Crippen molar-refractivity contribution in [1.82, 2.24) is 4.72 Å². The molecule has 2 aromatic rings. The molecule has 0 aromatic heterocycles. The number of sulfonamides is 1. The minimum Gasteiger partial charge on any atom is -0.454 e. The molecule has 7 nitrogen and oxygen atoms in total. The van der Waals surface area contributed by atoms with Crippen molar-refractivity contribution in [2.45, 2.75) is 4.90 Å². The van der Waals surface area contributed by atoms with Crippen LogP contribution in [0, 0.1) is 0 Å². The largest absolute Gasteiger partial charge is 0.454 e. The molecule has 1 aliphatic heterocycles. The zero-order valence-corrected chi connectivity index (χ0v) is 14.0. The van der Waals surface area contributed by atoms with E-state index in [1.807, 2.05) is 0 Å². The zero-order chi connectivity index (χ0) is 17.9. The van der Waals surface area contributed by atoms with Gasteiger partial charge in [0.1, 0.15) is 0 Å². The standard InChI is InChI=1S/C17H16N2O5S/c1-2-8-18-25(21,22)14-5-3-4-12(9-14)17(20)19-13-6-7-15-16(10-13)24-11-23-15/h2-7,9-10,18H,1,8,11H2,(H,19,20). The summed E-state index contributed by atoms with van der Waals surface area (Å²) in [5, 5.41) is 2.70. The van der Waals surface area contributed by atoms with Crippen LogP contribution in [0.25, 0.3) is 0 Å². The molecule has 0 bridgehead atoms. The summed E-state index contributed by atoms with van der Waals surface area (Å²) in [6.45, 7) is 3.71. The topological polar surface area (TPSA) is 93.7 Å². The van der Waals surface area contributed by atoms with Crippen LogP contribution in [0.5, 0.6) is 11.5 Å². The van der Waals surface area contributed by atoms with Crippen molar-refractivity contribution in [3.8, 4) is 11.5 Å². The molecule has 0 unspecified atom stereocenters. The van der Waals surface area contributed by atoms with Crippen molar-refractivity contribution in [2.24, 2.45) is 0 Å². The summed E-state index contributed by atoms with van der Waals surface area (Å²) in [7, 11) is -3.70. The molecule has 0 radical (unpaired) electrons. The molecule has 0 atom stereocenters. The fourth-order valence-electron chi connectivity index (χ4n) is 2.23. The predicted octanol–water partition coefficient (Wildman–Crippen LogP) is 2.13. The van der Waals surface area contributed by atoms with E-state index in [1.54, 1.807) is 18.2 Å². The summed E-state index contributed by atoms with van der Waals surface area (Å²) in [5.41, 5.74) is 0.742. The summed E-state index contributed by atoms with van der Waals surface area (Å²) < 4.78 is 37.1. The SMILES string of the molecule is C=CCNS(=O)(=O)c1cccc(C(=O)Nc2ccc3c(c2)OCO3)c1. The van der Waals surface area contributed by atoms with Crippen molar-refractivity contribution in [3.05, 3.63) is 60.7 Å². The minimum atomic E-state index is -3.70. The van der Waals surface area contributed by atoms with Gasteiger partial charge in [-0.2, -0.15) is 0 Å². The Morgan fingerprint density at radius 2 is 1.96 bits per heavy atom. The molecule has 2 aromatic carbocycles. The first-order chi connectivity index (χ1) is 12.0. The predicted molar refractivity (Wildman–Crippen MR) is 92.3 cm³/mol. The van der Waals surface area contributed by atoms with Gasteiger partial charge in [-0.15, -0.1) is 6.58 Å². The summed E-state index contributed by atoms with van der Waals surface area (Å²) in [6, 6.07) is 10.8. The van der Waals surface area contributed by atoms with Crippen LogP contribution in [0.2, 0.25) is 0 Å². The normalized spacial score (nSPS) is 12.6. The molecular formula is C17H16N2O5S. The maximum absolute atomic E-state index is 12.4. The van der Waals surface area contributed by atoms with Gasteiger partial charge >= 0.3 is 0 Å².